The Bertz CT molecular complexity index is 1140. The molecule has 0 atom stereocenters. The summed E-state index contributed by atoms with van der Waals surface area (Å²) >= 11 is 0. The van der Waals surface area contributed by atoms with Crippen molar-refractivity contribution in [3.05, 3.63) is 65.8 Å². The Kier molecular flexibility index (Phi) is 4.12. The van der Waals surface area contributed by atoms with Crippen LogP contribution in [0.3, 0.4) is 0 Å². The van der Waals surface area contributed by atoms with Gasteiger partial charge in [0.25, 0.3) is 5.91 Å². The van der Waals surface area contributed by atoms with Gasteiger partial charge in [0.15, 0.2) is 5.69 Å². The fourth-order valence-corrected chi connectivity index (χ4v) is 2.85. The third-order valence-electron chi connectivity index (χ3n) is 4.22. The summed E-state index contributed by atoms with van der Waals surface area (Å²) in [5.74, 6) is 0.751. The molecule has 0 bridgehead atoms. The number of hydrogen-bond donors (Lipinski definition) is 1. The average molecular weight is 362 g/mol. The number of rotatable bonds is 4. The molecule has 1 aromatic carbocycles. The summed E-state index contributed by atoms with van der Waals surface area (Å²) in [6.07, 6.45) is 3.92. The Labute approximate surface area is 155 Å². The van der Waals surface area contributed by atoms with Crippen molar-refractivity contribution in [2.24, 2.45) is 0 Å². The molecule has 7 nitrogen and oxygen atoms in total. The first-order chi connectivity index (χ1) is 13.0. The van der Waals surface area contributed by atoms with Gasteiger partial charge >= 0.3 is 0 Å². The number of imidazole rings is 1. The fraction of sp³-hybridized carbons (Fsp3) is 0.150. The Morgan fingerprint density at radius 2 is 2.04 bits per heavy atom. The highest BCUT2D eigenvalue weighted by Crippen LogP contribution is 2.31. The molecule has 4 rings (SSSR count). The minimum Gasteiger partial charge on any atom is -0.495 e. The van der Waals surface area contributed by atoms with Crippen LogP contribution >= 0.6 is 0 Å². The molecule has 136 valence electrons. The minimum absolute atomic E-state index is 0.211. The number of hydrogen-bond acceptors (Lipinski definition) is 5. The average Bonchev–Trinajstić information content (AvgIpc) is 3.27. The van der Waals surface area contributed by atoms with Gasteiger partial charge in [-0.1, -0.05) is 5.16 Å². The van der Waals surface area contributed by atoms with E-state index in [1.54, 1.807) is 26.2 Å². The van der Waals surface area contributed by atoms with Gasteiger partial charge in [0.2, 0.25) is 0 Å². The molecular weight excluding hydrogens is 344 g/mol. The van der Waals surface area contributed by atoms with Gasteiger partial charge in [0, 0.05) is 24.0 Å². The van der Waals surface area contributed by atoms with E-state index in [-0.39, 0.29) is 11.6 Å². The third kappa shape index (κ3) is 3.27. The minimum atomic E-state index is -0.368. The Hall–Kier alpha value is -3.61. The molecule has 3 aromatic heterocycles. The van der Waals surface area contributed by atoms with Crippen LogP contribution in [0.2, 0.25) is 0 Å². The number of fused-ring (bicyclic) bond motifs is 1. The van der Waals surface area contributed by atoms with Crippen molar-refractivity contribution in [3.63, 3.8) is 0 Å². The van der Waals surface area contributed by atoms with Crippen molar-refractivity contribution >= 4 is 17.2 Å². The van der Waals surface area contributed by atoms with Crippen molar-refractivity contribution < 1.29 is 14.1 Å². The van der Waals surface area contributed by atoms with Crippen LogP contribution in [0.25, 0.3) is 16.9 Å². The highest BCUT2D eigenvalue weighted by Gasteiger charge is 2.15. The largest absolute Gasteiger partial charge is 0.495 e. The molecule has 0 saturated carbocycles. The molecule has 0 aliphatic heterocycles. The maximum Gasteiger partial charge on any atom is 0.277 e. The molecule has 1 N–H and O–H groups in total. The van der Waals surface area contributed by atoms with Crippen molar-refractivity contribution in [1.82, 2.24) is 14.5 Å². The highest BCUT2D eigenvalue weighted by molar-refractivity contribution is 6.04. The lowest BCUT2D eigenvalue weighted by Crippen LogP contribution is -2.13. The maximum absolute atomic E-state index is 12.4. The number of nitrogens with zero attached hydrogens (tertiary/aromatic N) is 3. The number of aromatic nitrogens is 3. The van der Waals surface area contributed by atoms with Gasteiger partial charge in [-0.05, 0) is 49.7 Å². The summed E-state index contributed by atoms with van der Waals surface area (Å²) in [5.41, 5.74) is 4.42. The molecule has 0 spiro atoms. The van der Waals surface area contributed by atoms with E-state index in [4.69, 9.17) is 9.26 Å². The Morgan fingerprint density at radius 1 is 1.19 bits per heavy atom. The highest BCUT2D eigenvalue weighted by atomic mass is 16.5. The van der Waals surface area contributed by atoms with Crippen LogP contribution < -0.4 is 10.1 Å². The first-order valence-electron chi connectivity index (χ1n) is 8.42. The van der Waals surface area contributed by atoms with Gasteiger partial charge in [0.1, 0.15) is 17.2 Å². The second-order valence-electron chi connectivity index (χ2n) is 6.29. The molecule has 0 unspecified atom stereocenters. The van der Waals surface area contributed by atoms with E-state index in [2.05, 4.69) is 15.5 Å². The third-order valence-corrected chi connectivity index (χ3v) is 4.22. The molecular formula is C20H18N4O3. The fourth-order valence-electron chi connectivity index (χ4n) is 2.85. The van der Waals surface area contributed by atoms with Gasteiger partial charge < -0.3 is 19.0 Å². The van der Waals surface area contributed by atoms with E-state index in [1.807, 2.05) is 48.0 Å². The van der Waals surface area contributed by atoms with Crippen LogP contribution in [0.1, 0.15) is 21.8 Å². The number of benzene rings is 1. The second-order valence-corrected chi connectivity index (χ2v) is 6.29. The summed E-state index contributed by atoms with van der Waals surface area (Å²) < 4.78 is 12.3. The van der Waals surface area contributed by atoms with Crippen molar-refractivity contribution in [2.45, 2.75) is 13.8 Å². The Balaban J connectivity index is 1.70. The molecule has 4 aromatic rings. The molecule has 0 saturated heterocycles. The number of amides is 1. The number of carbonyl (C=O) groups excluding carboxylic acids is 1. The van der Waals surface area contributed by atoms with Crippen molar-refractivity contribution in [1.29, 1.82) is 0 Å². The SMILES string of the molecule is COc1ccc(-c2cn3ccc(C)cc3n2)cc1NC(=O)c1cc(C)on1. The first-order valence-corrected chi connectivity index (χ1v) is 8.42. The summed E-state index contributed by atoms with van der Waals surface area (Å²) in [5, 5.41) is 6.56. The second kappa shape index (κ2) is 6.60. The van der Waals surface area contributed by atoms with E-state index in [0.717, 1.165) is 22.5 Å². The van der Waals surface area contributed by atoms with Gasteiger partial charge in [-0.2, -0.15) is 0 Å². The number of carbonyl (C=O) groups is 1. The predicted molar refractivity (Wildman–Crippen MR) is 101 cm³/mol. The van der Waals surface area contributed by atoms with Crippen LogP contribution in [0.15, 0.2) is 53.3 Å². The first kappa shape index (κ1) is 16.8. The maximum atomic E-state index is 12.4. The van der Waals surface area contributed by atoms with Crippen LogP contribution in [0, 0.1) is 13.8 Å². The molecule has 0 fully saturated rings. The number of methoxy groups -OCH3 is 1. The molecule has 0 radical (unpaired) electrons. The zero-order chi connectivity index (χ0) is 19.0. The molecule has 0 aliphatic carbocycles. The number of nitrogens with one attached hydrogen (secondary N) is 1. The zero-order valence-electron chi connectivity index (χ0n) is 15.2. The quantitative estimate of drug-likeness (QED) is 0.596. The van der Waals surface area contributed by atoms with E-state index in [1.165, 1.54) is 0 Å². The van der Waals surface area contributed by atoms with Gasteiger partial charge in [-0.3, -0.25) is 4.79 Å². The lowest BCUT2D eigenvalue weighted by Gasteiger charge is -2.10. The molecule has 0 aliphatic rings. The van der Waals surface area contributed by atoms with E-state index >= 15 is 0 Å². The number of pyridine rings is 1. The number of anilines is 1. The van der Waals surface area contributed by atoms with Gasteiger partial charge in [0.05, 0.1) is 18.5 Å². The number of aryl methyl sites for hydroxylation is 2. The van der Waals surface area contributed by atoms with Crippen LogP contribution in [0.5, 0.6) is 5.75 Å². The monoisotopic (exact) mass is 362 g/mol. The van der Waals surface area contributed by atoms with E-state index < -0.39 is 0 Å². The molecule has 1 amide bonds. The molecule has 3 heterocycles. The lowest BCUT2D eigenvalue weighted by atomic mass is 10.1. The van der Waals surface area contributed by atoms with E-state index in [9.17, 15) is 4.79 Å². The Morgan fingerprint density at radius 3 is 2.78 bits per heavy atom. The summed E-state index contributed by atoms with van der Waals surface area (Å²) in [6, 6.07) is 11.2. The van der Waals surface area contributed by atoms with Crippen LogP contribution in [0.4, 0.5) is 5.69 Å². The van der Waals surface area contributed by atoms with Gasteiger partial charge in [-0.25, -0.2) is 4.98 Å². The normalized spacial score (nSPS) is 10.9. The summed E-state index contributed by atoms with van der Waals surface area (Å²) in [7, 11) is 1.55. The predicted octanol–water partition coefficient (Wildman–Crippen LogP) is 3.87. The molecule has 27 heavy (non-hydrogen) atoms. The topological polar surface area (TPSA) is 81.7 Å². The smallest absolute Gasteiger partial charge is 0.277 e. The van der Waals surface area contributed by atoms with E-state index in [0.29, 0.717) is 17.2 Å². The zero-order valence-corrected chi connectivity index (χ0v) is 15.2. The summed E-state index contributed by atoms with van der Waals surface area (Å²) in [4.78, 5) is 17.1. The summed E-state index contributed by atoms with van der Waals surface area (Å²) in [6.45, 7) is 3.76. The van der Waals surface area contributed by atoms with Crippen LogP contribution in [-0.4, -0.2) is 27.6 Å². The van der Waals surface area contributed by atoms with Gasteiger partial charge in [-0.15, -0.1) is 0 Å². The van der Waals surface area contributed by atoms with Crippen LogP contribution in [-0.2, 0) is 0 Å². The standard InChI is InChI=1S/C20H18N4O3/c1-12-6-7-24-11-17(21-19(24)8-12)14-4-5-18(26-3)15(10-14)22-20(25)16-9-13(2)27-23-16/h4-11H,1-3H3,(H,22,25). The number of ether oxygens (including phenoxy) is 1. The van der Waals surface area contributed by atoms with Crippen molar-refractivity contribution in [3.8, 4) is 17.0 Å². The molecule has 7 heteroatoms. The lowest BCUT2D eigenvalue weighted by molar-refractivity contribution is 0.101. The van der Waals surface area contributed by atoms with Crippen molar-refractivity contribution in [2.75, 3.05) is 12.4 Å².